The highest BCUT2D eigenvalue weighted by Crippen LogP contribution is 2.32. The topological polar surface area (TPSA) is 76.7 Å². The molecule has 0 fully saturated rings. The third kappa shape index (κ3) is 2.65. The van der Waals surface area contributed by atoms with Gasteiger partial charge < -0.3 is 5.73 Å². The van der Waals surface area contributed by atoms with Crippen molar-refractivity contribution in [3.63, 3.8) is 0 Å². The van der Waals surface area contributed by atoms with Crippen LogP contribution in [0.15, 0.2) is 34.2 Å². The lowest BCUT2D eigenvalue weighted by Crippen LogP contribution is -2.14. The minimum Gasteiger partial charge on any atom is -0.329 e. The molecule has 0 bridgehead atoms. The highest BCUT2D eigenvalue weighted by atomic mass is 32.2. The molecule has 0 aliphatic rings. The molecule has 0 aliphatic carbocycles. The number of nitrogens with one attached hydrogen (secondary N) is 1. The van der Waals surface area contributed by atoms with Gasteiger partial charge in [0.2, 0.25) is 0 Å². The van der Waals surface area contributed by atoms with Crippen molar-refractivity contribution in [3.8, 4) is 0 Å². The van der Waals surface area contributed by atoms with E-state index in [1.165, 1.54) is 21.9 Å². The number of aryl methyl sites for hydroxylation is 1. The summed E-state index contributed by atoms with van der Waals surface area (Å²) in [5.74, 6) is 0. The van der Waals surface area contributed by atoms with Gasteiger partial charge in [0.1, 0.15) is 0 Å². The summed E-state index contributed by atoms with van der Waals surface area (Å²) in [5.41, 5.74) is 7.95. The first-order chi connectivity index (χ1) is 8.61. The van der Waals surface area contributed by atoms with Crippen LogP contribution in [0.3, 0.4) is 0 Å². The van der Waals surface area contributed by atoms with Crippen LogP contribution in [0.4, 0.5) is 0 Å². The van der Waals surface area contributed by atoms with Crippen LogP contribution < -0.4 is 11.4 Å². The molecule has 2 aromatic rings. The number of hydrogen-bond donors (Lipinski definition) is 2. The lowest BCUT2D eigenvalue weighted by Gasteiger charge is -2.14. The summed E-state index contributed by atoms with van der Waals surface area (Å²) in [6.07, 6.45) is 0. The van der Waals surface area contributed by atoms with Crippen LogP contribution in [-0.2, 0) is 7.05 Å². The van der Waals surface area contributed by atoms with Gasteiger partial charge in [-0.2, -0.15) is 0 Å². The van der Waals surface area contributed by atoms with E-state index in [0.29, 0.717) is 11.7 Å². The van der Waals surface area contributed by atoms with Crippen molar-refractivity contribution in [3.05, 3.63) is 45.9 Å². The lowest BCUT2D eigenvalue weighted by molar-refractivity contribution is 0.760. The maximum Gasteiger partial charge on any atom is 0.343 e. The lowest BCUT2D eigenvalue weighted by atomic mass is 10.1. The first kappa shape index (κ1) is 12.9. The van der Waals surface area contributed by atoms with E-state index in [9.17, 15) is 4.79 Å². The van der Waals surface area contributed by atoms with E-state index >= 15 is 0 Å². The molecule has 1 atom stereocenters. The maximum absolute atomic E-state index is 11.3. The predicted octanol–water partition coefficient (Wildman–Crippen LogP) is 1.21. The molecule has 0 saturated carbocycles. The molecule has 5 nitrogen and oxygen atoms in total. The number of rotatable bonds is 4. The van der Waals surface area contributed by atoms with Crippen molar-refractivity contribution >= 4 is 11.8 Å². The quantitative estimate of drug-likeness (QED) is 0.814. The zero-order valence-corrected chi connectivity index (χ0v) is 11.2. The van der Waals surface area contributed by atoms with E-state index in [-0.39, 0.29) is 10.9 Å². The first-order valence-electron chi connectivity index (χ1n) is 5.66. The molecule has 18 heavy (non-hydrogen) atoms. The molecular weight excluding hydrogens is 248 g/mol. The monoisotopic (exact) mass is 264 g/mol. The Balaban J connectivity index is 2.25. The van der Waals surface area contributed by atoms with Gasteiger partial charge in [0, 0.05) is 18.8 Å². The molecule has 0 saturated heterocycles. The Morgan fingerprint density at radius 3 is 2.89 bits per heavy atom. The van der Waals surface area contributed by atoms with E-state index in [2.05, 4.69) is 16.3 Å². The fourth-order valence-corrected chi connectivity index (χ4v) is 2.66. The van der Waals surface area contributed by atoms with Gasteiger partial charge >= 0.3 is 5.69 Å². The Bertz CT molecular complexity index is 590. The molecule has 1 heterocycles. The number of hydrogen-bond acceptors (Lipinski definition) is 4. The standard InChI is InChI=1S/C12H16N4OS/c1-8-4-3-5-9(6-8)10(7-13)18-12-15-14-11(17)16(12)2/h3-6,10H,7,13H2,1-2H3,(H,14,17). The zero-order chi connectivity index (χ0) is 13.1. The summed E-state index contributed by atoms with van der Waals surface area (Å²) in [5, 5.41) is 7.15. The first-order valence-corrected chi connectivity index (χ1v) is 6.54. The third-order valence-corrected chi connectivity index (χ3v) is 4.04. The summed E-state index contributed by atoms with van der Waals surface area (Å²) < 4.78 is 1.49. The average molecular weight is 264 g/mol. The number of aromatic amines is 1. The summed E-state index contributed by atoms with van der Waals surface area (Å²) >= 11 is 1.49. The number of thioether (sulfide) groups is 1. The molecule has 0 radical (unpaired) electrons. The Hall–Kier alpha value is -1.53. The van der Waals surface area contributed by atoms with Gasteiger partial charge in [-0.25, -0.2) is 9.89 Å². The van der Waals surface area contributed by atoms with E-state index in [1.807, 2.05) is 25.1 Å². The number of H-pyrrole nitrogens is 1. The van der Waals surface area contributed by atoms with Gasteiger partial charge in [0.15, 0.2) is 5.16 Å². The second-order valence-corrected chi connectivity index (χ2v) is 5.30. The number of nitrogens with zero attached hydrogens (tertiary/aromatic N) is 2. The van der Waals surface area contributed by atoms with Crippen LogP contribution in [0.2, 0.25) is 0 Å². The van der Waals surface area contributed by atoms with Gasteiger partial charge in [-0.3, -0.25) is 4.57 Å². The predicted molar refractivity (Wildman–Crippen MR) is 72.7 cm³/mol. The van der Waals surface area contributed by atoms with Crippen LogP contribution in [0.5, 0.6) is 0 Å². The second kappa shape index (κ2) is 5.41. The highest BCUT2D eigenvalue weighted by molar-refractivity contribution is 7.99. The van der Waals surface area contributed by atoms with Gasteiger partial charge in [-0.05, 0) is 12.5 Å². The van der Waals surface area contributed by atoms with Crippen LogP contribution in [-0.4, -0.2) is 21.3 Å². The molecule has 3 N–H and O–H groups in total. The number of benzene rings is 1. The van der Waals surface area contributed by atoms with Crippen molar-refractivity contribution in [1.29, 1.82) is 0 Å². The Morgan fingerprint density at radius 2 is 2.33 bits per heavy atom. The molecule has 96 valence electrons. The molecule has 1 aromatic carbocycles. The maximum atomic E-state index is 11.3. The van der Waals surface area contributed by atoms with Crippen LogP contribution in [0, 0.1) is 6.92 Å². The molecular formula is C12H16N4OS. The highest BCUT2D eigenvalue weighted by Gasteiger charge is 2.15. The molecule has 6 heteroatoms. The number of nitrogens with two attached hydrogens (primary N) is 1. The molecule has 0 aliphatic heterocycles. The summed E-state index contributed by atoms with van der Waals surface area (Å²) in [4.78, 5) is 11.3. The van der Waals surface area contributed by atoms with Crippen molar-refractivity contribution in [2.24, 2.45) is 12.8 Å². The van der Waals surface area contributed by atoms with Crippen molar-refractivity contribution in [2.75, 3.05) is 6.54 Å². The smallest absolute Gasteiger partial charge is 0.329 e. The SMILES string of the molecule is Cc1cccc(C(CN)Sc2n[nH]c(=O)n2C)c1. The Labute approximate surface area is 109 Å². The normalized spacial score (nSPS) is 12.6. The van der Waals surface area contributed by atoms with Gasteiger partial charge in [0.25, 0.3) is 0 Å². The fraction of sp³-hybridized carbons (Fsp3) is 0.333. The summed E-state index contributed by atoms with van der Waals surface area (Å²) in [6, 6.07) is 8.21. The van der Waals surface area contributed by atoms with E-state index in [0.717, 1.165) is 5.56 Å². The minimum absolute atomic E-state index is 0.0961. The number of aromatic nitrogens is 3. The third-order valence-electron chi connectivity index (χ3n) is 2.71. The molecule has 1 unspecified atom stereocenters. The average Bonchev–Trinajstić information content (AvgIpc) is 2.67. The molecule has 2 rings (SSSR count). The minimum atomic E-state index is -0.211. The molecule has 1 aromatic heterocycles. The van der Waals surface area contributed by atoms with Gasteiger partial charge in [0.05, 0.1) is 0 Å². The van der Waals surface area contributed by atoms with E-state index in [4.69, 9.17) is 5.73 Å². The van der Waals surface area contributed by atoms with Crippen molar-refractivity contribution in [1.82, 2.24) is 14.8 Å². The Kier molecular flexibility index (Phi) is 3.88. The van der Waals surface area contributed by atoms with Crippen LogP contribution in [0.1, 0.15) is 16.4 Å². The van der Waals surface area contributed by atoms with Gasteiger partial charge in [-0.1, -0.05) is 41.6 Å². The van der Waals surface area contributed by atoms with Crippen LogP contribution >= 0.6 is 11.8 Å². The van der Waals surface area contributed by atoms with Crippen molar-refractivity contribution < 1.29 is 0 Å². The van der Waals surface area contributed by atoms with E-state index < -0.39 is 0 Å². The molecule has 0 amide bonds. The summed E-state index contributed by atoms with van der Waals surface area (Å²) in [7, 11) is 1.69. The van der Waals surface area contributed by atoms with Crippen molar-refractivity contribution in [2.45, 2.75) is 17.3 Å². The second-order valence-electron chi connectivity index (χ2n) is 4.13. The Morgan fingerprint density at radius 1 is 1.56 bits per heavy atom. The van der Waals surface area contributed by atoms with Gasteiger partial charge in [-0.15, -0.1) is 5.10 Å². The fourth-order valence-electron chi connectivity index (χ4n) is 1.69. The zero-order valence-electron chi connectivity index (χ0n) is 10.4. The summed E-state index contributed by atoms with van der Waals surface area (Å²) in [6.45, 7) is 2.54. The van der Waals surface area contributed by atoms with Crippen LogP contribution in [0.25, 0.3) is 0 Å². The van der Waals surface area contributed by atoms with E-state index in [1.54, 1.807) is 7.05 Å². The molecule has 0 spiro atoms. The largest absolute Gasteiger partial charge is 0.343 e.